The molecule has 0 saturated heterocycles. The maximum Gasteiger partial charge on any atom is 0.181 e. The van der Waals surface area contributed by atoms with E-state index in [-0.39, 0.29) is 0 Å². The third-order valence-corrected chi connectivity index (χ3v) is 6.25. The average Bonchev–Trinajstić information content (AvgIpc) is 3.61. The van der Waals surface area contributed by atoms with Gasteiger partial charge in [-0.3, -0.25) is 0 Å². The molecule has 2 aliphatic rings. The van der Waals surface area contributed by atoms with Crippen LogP contribution in [0.2, 0.25) is 0 Å². The second kappa shape index (κ2) is 8.94. The summed E-state index contributed by atoms with van der Waals surface area (Å²) in [7, 11) is 2.07. The molecule has 2 N–H and O–H groups in total. The van der Waals surface area contributed by atoms with E-state index in [1.807, 2.05) is 42.5 Å². The molecule has 0 saturated carbocycles. The fraction of sp³-hybridized carbons (Fsp3) is 0.138. The Hall–Kier alpha value is -4.25. The van der Waals surface area contributed by atoms with Gasteiger partial charge in [-0.25, -0.2) is 14.5 Å². The van der Waals surface area contributed by atoms with Crippen LogP contribution in [0.1, 0.15) is 39.6 Å². The van der Waals surface area contributed by atoms with Gasteiger partial charge in [-0.2, -0.15) is 0 Å². The SMILES string of the molecule is C1=Cc2cc3ccc(cc4ccc(cc5nc(cc1n2)C=C5)[nH]4)[nH]3.Cc1cc[n+](C)c(C)c1C. The Morgan fingerprint density at radius 1 is 0.588 bits per heavy atom. The molecule has 0 fully saturated rings. The van der Waals surface area contributed by atoms with Gasteiger partial charge in [-0.1, -0.05) is 0 Å². The quantitative estimate of drug-likeness (QED) is 0.277. The Labute approximate surface area is 199 Å². The van der Waals surface area contributed by atoms with Gasteiger partial charge in [-0.05, 0) is 92.2 Å². The molecule has 6 rings (SSSR count). The van der Waals surface area contributed by atoms with Crippen molar-refractivity contribution in [2.45, 2.75) is 20.8 Å². The fourth-order valence-corrected chi connectivity index (χ4v) is 3.95. The molecule has 0 atom stereocenters. The normalized spacial score (nSPS) is 11.9. The highest BCUT2D eigenvalue weighted by molar-refractivity contribution is 5.77. The van der Waals surface area contributed by atoms with Crippen molar-refractivity contribution in [1.29, 1.82) is 0 Å². The number of hydrogen-bond acceptors (Lipinski definition) is 2. The Bertz CT molecular complexity index is 1480. The van der Waals surface area contributed by atoms with Crippen LogP contribution in [-0.2, 0) is 7.05 Å². The number of rotatable bonds is 0. The summed E-state index contributed by atoms with van der Waals surface area (Å²) in [4.78, 5) is 16.0. The Balaban J connectivity index is 0.000000204. The molecule has 0 aliphatic carbocycles. The molecule has 2 aliphatic heterocycles. The lowest BCUT2D eigenvalue weighted by molar-refractivity contribution is -0.678. The summed E-state index contributed by atoms with van der Waals surface area (Å²) in [6.07, 6.45) is 10.1. The summed E-state index contributed by atoms with van der Waals surface area (Å²) >= 11 is 0. The molecule has 8 bridgehead atoms. The maximum absolute atomic E-state index is 4.62. The van der Waals surface area contributed by atoms with Crippen LogP contribution in [0.15, 0.2) is 60.8 Å². The first-order valence-electron chi connectivity index (χ1n) is 11.4. The van der Waals surface area contributed by atoms with Crippen LogP contribution in [0.4, 0.5) is 0 Å². The molecule has 4 aromatic heterocycles. The van der Waals surface area contributed by atoms with E-state index in [1.54, 1.807) is 0 Å². The second-order valence-electron chi connectivity index (χ2n) is 8.73. The minimum atomic E-state index is 0.915. The zero-order valence-electron chi connectivity index (χ0n) is 19.9. The highest BCUT2D eigenvalue weighted by Crippen LogP contribution is 2.17. The van der Waals surface area contributed by atoms with Gasteiger partial charge in [0.1, 0.15) is 7.05 Å². The van der Waals surface area contributed by atoms with Crippen molar-refractivity contribution in [3.05, 3.63) is 100 Å². The first kappa shape index (κ1) is 21.6. The summed E-state index contributed by atoms with van der Waals surface area (Å²) in [5, 5.41) is 0. The highest BCUT2D eigenvalue weighted by atomic mass is 14.9. The van der Waals surface area contributed by atoms with E-state index in [4.69, 9.17) is 0 Å². The predicted molar refractivity (Wildman–Crippen MR) is 141 cm³/mol. The molecule has 34 heavy (non-hydrogen) atoms. The van der Waals surface area contributed by atoms with Crippen LogP contribution in [0.3, 0.4) is 0 Å². The molecule has 0 amide bonds. The van der Waals surface area contributed by atoms with Crippen molar-refractivity contribution < 1.29 is 4.57 Å². The number of H-pyrrole nitrogens is 2. The number of aromatic nitrogens is 5. The van der Waals surface area contributed by atoms with E-state index in [9.17, 15) is 0 Å². The van der Waals surface area contributed by atoms with Crippen molar-refractivity contribution in [2.24, 2.45) is 7.05 Å². The highest BCUT2D eigenvalue weighted by Gasteiger charge is 2.05. The van der Waals surface area contributed by atoms with Gasteiger partial charge >= 0.3 is 0 Å². The fourth-order valence-electron chi connectivity index (χ4n) is 3.95. The van der Waals surface area contributed by atoms with E-state index in [1.165, 1.54) is 16.8 Å². The third kappa shape index (κ3) is 4.74. The van der Waals surface area contributed by atoms with E-state index < -0.39 is 0 Å². The minimum absolute atomic E-state index is 0.915. The molecule has 0 spiro atoms. The van der Waals surface area contributed by atoms with Crippen LogP contribution in [0, 0.1) is 20.8 Å². The molecule has 4 aromatic rings. The van der Waals surface area contributed by atoms with Crippen LogP contribution in [0.25, 0.3) is 46.4 Å². The number of nitrogens with zero attached hydrogens (tertiary/aromatic N) is 3. The predicted octanol–water partition coefficient (Wildman–Crippen LogP) is 6.09. The first-order valence-corrected chi connectivity index (χ1v) is 11.4. The van der Waals surface area contributed by atoms with Gasteiger partial charge in [-0.15, -0.1) is 0 Å². The number of nitrogens with one attached hydrogen (secondary N) is 2. The lowest BCUT2D eigenvalue weighted by Gasteiger charge is -2.00. The Kier molecular flexibility index (Phi) is 5.68. The molecule has 168 valence electrons. The summed E-state index contributed by atoms with van der Waals surface area (Å²) < 4.78 is 2.14. The van der Waals surface area contributed by atoms with Crippen molar-refractivity contribution >= 4 is 46.4 Å². The second-order valence-corrected chi connectivity index (χ2v) is 8.73. The van der Waals surface area contributed by atoms with Crippen molar-refractivity contribution in [3.8, 4) is 0 Å². The molecule has 5 heteroatoms. The molecule has 0 aromatic carbocycles. The monoisotopic (exact) mass is 446 g/mol. The largest absolute Gasteiger partial charge is 0.355 e. The molecule has 6 heterocycles. The van der Waals surface area contributed by atoms with Gasteiger partial charge in [0.05, 0.1) is 22.8 Å². The van der Waals surface area contributed by atoms with E-state index in [0.29, 0.717) is 0 Å². The standard InChI is InChI=1S/C20H14N4.C9H14N/c1-2-14-10-16-5-6-18(23-16)12-20-8-7-19(24-20)11-17-4-3-15(22-17)9-13(1)21-14;1-7-5-6-10(4)9(3)8(7)2/h1-12,21-22H;5-6H,1-4H3/q;+1. The number of aryl methyl sites for hydroxylation is 2. The lowest BCUT2D eigenvalue weighted by Crippen LogP contribution is -2.32. The molecule has 0 radical (unpaired) electrons. The van der Waals surface area contributed by atoms with Gasteiger partial charge in [0.25, 0.3) is 0 Å². The number of pyridine rings is 1. The van der Waals surface area contributed by atoms with Crippen LogP contribution in [0.5, 0.6) is 0 Å². The van der Waals surface area contributed by atoms with Gasteiger partial charge in [0.15, 0.2) is 11.9 Å². The number of hydrogen-bond donors (Lipinski definition) is 2. The third-order valence-electron chi connectivity index (χ3n) is 6.25. The summed E-state index contributed by atoms with van der Waals surface area (Å²) in [5.41, 5.74) is 12.0. The molecular weight excluding hydrogens is 418 g/mol. The van der Waals surface area contributed by atoms with E-state index >= 15 is 0 Å². The van der Waals surface area contributed by atoms with Crippen molar-refractivity contribution in [1.82, 2.24) is 19.9 Å². The van der Waals surface area contributed by atoms with Crippen LogP contribution >= 0.6 is 0 Å². The van der Waals surface area contributed by atoms with Crippen LogP contribution < -0.4 is 4.57 Å². The van der Waals surface area contributed by atoms with Gasteiger partial charge < -0.3 is 9.97 Å². The topological polar surface area (TPSA) is 61.2 Å². The number of fused-ring (bicyclic) bond motifs is 8. The zero-order valence-corrected chi connectivity index (χ0v) is 19.9. The maximum atomic E-state index is 4.62. The average molecular weight is 447 g/mol. The van der Waals surface area contributed by atoms with Gasteiger partial charge in [0, 0.05) is 40.6 Å². The Morgan fingerprint density at radius 2 is 1.03 bits per heavy atom. The zero-order chi connectivity index (χ0) is 23.7. The smallest absolute Gasteiger partial charge is 0.181 e. The van der Waals surface area contributed by atoms with Crippen LogP contribution in [-0.4, -0.2) is 19.9 Å². The van der Waals surface area contributed by atoms with E-state index in [0.717, 1.165) is 44.8 Å². The number of aromatic amines is 2. The minimum Gasteiger partial charge on any atom is -0.355 e. The summed E-state index contributed by atoms with van der Waals surface area (Å²) in [5.74, 6) is 0. The van der Waals surface area contributed by atoms with Gasteiger partial charge in [0.2, 0.25) is 0 Å². The summed E-state index contributed by atoms with van der Waals surface area (Å²) in [6, 6.07) is 18.5. The molecule has 5 nitrogen and oxygen atoms in total. The van der Waals surface area contributed by atoms with E-state index in [2.05, 4.69) is 94.9 Å². The van der Waals surface area contributed by atoms with Crippen molar-refractivity contribution in [3.63, 3.8) is 0 Å². The summed E-state index contributed by atoms with van der Waals surface area (Å²) in [6.45, 7) is 6.44. The molecule has 0 unspecified atom stereocenters. The van der Waals surface area contributed by atoms with Crippen molar-refractivity contribution in [2.75, 3.05) is 0 Å². The lowest BCUT2D eigenvalue weighted by atomic mass is 10.1. The molecular formula is C29H28N5+. The first-order chi connectivity index (χ1) is 16.4. The Morgan fingerprint density at radius 3 is 1.50 bits per heavy atom.